The zero-order valence-corrected chi connectivity index (χ0v) is 10.1. The fraction of sp³-hybridized carbons (Fsp3) is 0.385. The smallest absolute Gasteiger partial charge is 0.131 e. The van der Waals surface area contributed by atoms with Crippen LogP contribution in [0, 0.1) is 6.92 Å². The molecule has 0 aliphatic heterocycles. The quantitative estimate of drug-likeness (QED) is 0.857. The van der Waals surface area contributed by atoms with Crippen LogP contribution in [-0.4, -0.2) is 14.5 Å². The number of hydrogen-bond acceptors (Lipinski definition) is 3. The Balaban J connectivity index is 2.08. The minimum absolute atomic E-state index is 0.606. The number of hydrogen-bond donors (Lipinski definition) is 1. The van der Waals surface area contributed by atoms with E-state index in [0.29, 0.717) is 5.92 Å². The Morgan fingerprint density at radius 2 is 2.12 bits per heavy atom. The van der Waals surface area contributed by atoms with Gasteiger partial charge in [0.15, 0.2) is 0 Å². The van der Waals surface area contributed by atoms with Gasteiger partial charge in [-0.15, -0.1) is 0 Å². The fourth-order valence-corrected chi connectivity index (χ4v) is 2.06. The first-order chi connectivity index (χ1) is 8.16. The van der Waals surface area contributed by atoms with Crippen LogP contribution in [0.3, 0.4) is 0 Å². The van der Waals surface area contributed by atoms with Crippen LogP contribution in [0.25, 0.3) is 11.3 Å². The van der Waals surface area contributed by atoms with Gasteiger partial charge in [-0.1, -0.05) is 0 Å². The van der Waals surface area contributed by atoms with Crippen molar-refractivity contribution in [3.63, 3.8) is 0 Å². The molecule has 2 aromatic heterocycles. The summed E-state index contributed by atoms with van der Waals surface area (Å²) in [5.74, 6) is 2.45. The molecule has 0 saturated heterocycles. The first kappa shape index (κ1) is 10.3. The predicted molar refractivity (Wildman–Crippen MR) is 67.6 cm³/mol. The lowest BCUT2D eigenvalue weighted by Gasteiger charge is -2.01. The van der Waals surface area contributed by atoms with E-state index in [4.69, 9.17) is 5.73 Å². The second-order valence-corrected chi connectivity index (χ2v) is 4.73. The predicted octanol–water partition coefficient (Wildman–Crippen LogP) is 2.25. The minimum atomic E-state index is 0.606. The highest BCUT2D eigenvalue weighted by Crippen LogP contribution is 2.41. The summed E-state index contributed by atoms with van der Waals surface area (Å²) in [6, 6.07) is 4.01. The van der Waals surface area contributed by atoms with Crippen LogP contribution in [0.2, 0.25) is 0 Å². The van der Waals surface area contributed by atoms with E-state index in [1.807, 2.05) is 36.9 Å². The highest BCUT2D eigenvalue weighted by Gasteiger charge is 2.29. The molecule has 0 spiro atoms. The Hall–Kier alpha value is -1.84. The zero-order valence-electron chi connectivity index (χ0n) is 10.1. The maximum Gasteiger partial charge on any atom is 0.131 e. The Morgan fingerprint density at radius 1 is 1.35 bits per heavy atom. The van der Waals surface area contributed by atoms with Crippen molar-refractivity contribution < 1.29 is 0 Å². The highest BCUT2D eigenvalue weighted by atomic mass is 15.1. The standard InChI is InChI=1S/C13H16N4/c1-8-3-4-10(7-15-8)11-12(14)17(2)13(16-11)9-5-6-9/h3-4,7,9H,5-6,14H2,1-2H3. The summed E-state index contributed by atoms with van der Waals surface area (Å²) >= 11 is 0. The molecule has 88 valence electrons. The molecule has 17 heavy (non-hydrogen) atoms. The van der Waals surface area contributed by atoms with E-state index >= 15 is 0 Å². The molecule has 2 heterocycles. The van der Waals surface area contributed by atoms with Crippen molar-refractivity contribution in [2.75, 3.05) is 5.73 Å². The average molecular weight is 228 g/mol. The summed E-state index contributed by atoms with van der Waals surface area (Å²) < 4.78 is 2.01. The van der Waals surface area contributed by atoms with E-state index in [9.17, 15) is 0 Å². The first-order valence-corrected chi connectivity index (χ1v) is 5.92. The lowest BCUT2D eigenvalue weighted by Crippen LogP contribution is -2.00. The van der Waals surface area contributed by atoms with Crippen LogP contribution in [0.15, 0.2) is 18.3 Å². The SMILES string of the molecule is Cc1ccc(-c2nc(C3CC3)n(C)c2N)cn1. The van der Waals surface area contributed by atoms with E-state index in [0.717, 1.165) is 28.6 Å². The molecule has 4 heteroatoms. The van der Waals surface area contributed by atoms with Crippen molar-refractivity contribution >= 4 is 5.82 Å². The van der Waals surface area contributed by atoms with Crippen LogP contribution in [0.4, 0.5) is 5.82 Å². The molecule has 0 amide bonds. The maximum atomic E-state index is 6.11. The molecule has 3 rings (SSSR count). The van der Waals surface area contributed by atoms with E-state index in [2.05, 4.69) is 9.97 Å². The lowest BCUT2D eigenvalue weighted by atomic mass is 10.2. The molecule has 0 unspecified atom stereocenters. The molecule has 2 N–H and O–H groups in total. The Morgan fingerprint density at radius 3 is 2.71 bits per heavy atom. The minimum Gasteiger partial charge on any atom is -0.383 e. The van der Waals surface area contributed by atoms with Gasteiger partial charge in [0, 0.05) is 30.4 Å². The lowest BCUT2D eigenvalue weighted by molar-refractivity contribution is 0.807. The van der Waals surface area contributed by atoms with Gasteiger partial charge in [-0.3, -0.25) is 4.98 Å². The van der Waals surface area contributed by atoms with Gasteiger partial charge in [-0.2, -0.15) is 0 Å². The third kappa shape index (κ3) is 1.69. The number of aryl methyl sites for hydroxylation is 1. The molecule has 0 bridgehead atoms. The van der Waals surface area contributed by atoms with E-state index in [1.54, 1.807) is 0 Å². The summed E-state index contributed by atoms with van der Waals surface area (Å²) in [5, 5.41) is 0. The molecule has 0 radical (unpaired) electrons. The molecular formula is C13H16N4. The summed E-state index contributed by atoms with van der Waals surface area (Å²) in [5.41, 5.74) is 8.98. The van der Waals surface area contributed by atoms with E-state index < -0.39 is 0 Å². The number of nitrogens with zero attached hydrogens (tertiary/aromatic N) is 3. The molecule has 1 saturated carbocycles. The van der Waals surface area contributed by atoms with Crippen molar-refractivity contribution in [3.05, 3.63) is 29.8 Å². The normalized spacial score (nSPS) is 15.2. The molecule has 0 atom stereocenters. The number of rotatable bonds is 2. The molecule has 4 nitrogen and oxygen atoms in total. The molecule has 1 fully saturated rings. The fourth-order valence-electron chi connectivity index (χ4n) is 2.06. The number of aromatic nitrogens is 3. The Kier molecular flexibility index (Phi) is 2.18. The van der Waals surface area contributed by atoms with Crippen molar-refractivity contribution in [1.82, 2.24) is 14.5 Å². The summed E-state index contributed by atoms with van der Waals surface area (Å²) in [4.78, 5) is 8.96. The molecule has 2 aromatic rings. The van der Waals surface area contributed by atoms with Gasteiger partial charge in [-0.25, -0.2) is 4.98 Å². The van der Waals surface area contributed by atoms with Crippen molar-refractivity contribution in [2.24, 2.45) is 7.05 Å². The first-order valence-electron chi connectivity index (χ1n) is 5.92. The number of anilines is 1. The second kappa shape index (κ2) is 3.58. The highest BCUT2D eigenvalue weighted by molar-refractivity contribution is 5.70. The third-order valence-electron chi connectivity index (χ3n) is 3.30. The number of imidazole rings is 1. The monoisotopic (exact) mass is 228 g/mol. The van der Waals surface area contributed by atoms with Gasteiger partial charge < -0.3 is 10.3 Å². The number of pyridine rings is 1. The van der Waals surface area contributed by atoms with Crippen molar-refractivity contribution in [3.8, 4) is 11.3 Å². The topological polar surface area (TPSA) is 56.7 Å². The molecule has 1 aliphatic carbocycles. The van der Waals surface area contributed by atoms with Gasteiger partial charge in [0.2, 0.25) is 0 Å². The van der Waals surface area contributed by atoms with Crippen molar-refractivity contribution in [1.29, 1.82) is 0 Å². The van der Waals surface area contributed by atoms with Gasteiger partial charge in [0.25, 0.3) is 0 Å². The molecular weight excluding hydrogens is 212 g/mol. The van der Waals surface area contributed by atoms with Gasteiger partial charge >= 0.3 is 0 Å². The second-order valence-electron chi connectivity index (χ2n) is 4.73. The van der Waals surface area contributed by atoms with Crippen LogP contribution < -0.4 is 5.73 Å². The zero-order chi connectivity index (χ0) is 12.0. The van der Waals surface area contributed by atoms with E-state index in [-0.39, 0.29) is 0 Å². The number of nitrogen functional groups attached to an aromatic ring is 1. The van der Waals surface area contributed by atoms with Crippen LogP contribution in [-0.2, 0) is 7.05 Å². The Bertz CT molecular complexity index is 550. The van der Waals surface area contributed by atoms with E-state index in [1.165, 1.54) is 12.8 Å². The third-order valence-corrected chi connectivity index (χ3v) is 3.30. The summed E-state index contributed by atoms with van der Waals surface area (Å²) in [7, 11) is 1.99. The largest absolute Gasteiger partial charge is 0.383 e. The van der Waals surface area contributed by atoms with Gasteiger partial charge in [0.05, 0.1) is 0 Å². The van der Waals surface area contributed by atoms with Crippen LogP contribution >= 0.6 is 0 Å². The summed E-state index contributed by atoms with van der Waals surface area (Å²) in [6.07, 6.45) is 4.30. The Labute approximate surface area is 101 Å². The van der Waals surface area contributed by atoms with Gasteiger partial charge in [0.1, 0.15) is 17.3 Å². The average Bonchev–Trinajstić information content (AvgIpc) is 3.11. The molecule has 0 aromatic carbocycles. The number of nitrogens with two attached hydrogens (primary N) is 1. The van der Waals surface area contributed by atoms with Crippen molar-refractivity contribution in [2.45, 2.75) is 25.7 Å². The van der Waals surface area contributed by atoms with Crippen LogP contribution in [0.1, 0.15) is 30.3 Å². The maximum absolute atomic E-state index is 6.11. The van der Waals surface area contributed by atoms with Crippen LogP contribution in [0.5, 0.6) is 0 Å². The molecule has 1 aliphatic rings. The summed E-state index contributed by atoms with van der Waals surface area (Å²) in [6.45, 7) is 1.97. The van der Waals surface area contributed by atoms with Gasteiger partial charge in [-0.05, 0) is 31.9 Å².